The van der Waals surface area contributed by atoms with Gasteiger partial charge in [-0.05, 0) is 48.9 Å². The molecular formula is C16H26N2O2S. The van der Waals surface area contributed by atoms with Crippen molar-refractivity contribution in [1.82, 2.24) is 10.0 Å². The molecule has 0 radical (unpaired) electrons. The number of benzene rings is 1. The molecule has 0 spiro atoms. The van der Waals surface area contributed by atoms with Gasteiger partial charge in [0.25, 0.3) is 0 Å². The first-order valence-electron chi connectivity index (χ1n) is 7.66. The van der Waals surface area contributed by atoms with E-state index in [9.17, 15) is 8.42 Å². The zero-order chi connectivity index (χ0) is 15.5. The van der Waals surface area contributed by atoms with E-state index in [-0.39, 0.29) is 5.41 Å². The van der Waals surface area contributed by atoms with E-state index in [4.69, 9.17) is 0 Å². The van der Waals surface area contributed by atoms with E-state index in [1.54, 1.807) is 6.07 Å². The Bertz CT molecular complexity index is 592. The van der Waals surface area contributed by atoms with E-state index in [0.717, 1.165) is 30.5 Å². The lowest BCUT2D eigenvalue weighted by atomic mass is 9.71. The third-order valence-corrected chi connectivity index (χ3v) is 5.91. The van der Waals surface area contributed by atoms with Gasteiger partial charge in [-0.1, -0.05) is 32.4 Å². The van der Waals surface area contributed by atoms with Gasteiger partial charge in [-0.15, -0.1) is 0 Å². The van der Waals surface area contributed by atoms with Gasteiger partial charge in [-0.25, -0.2) is 13.1 Å². The highest BCUT2D eigenvalue weighted by Crippen LogP contribution is 2.39. The Labute approximate surface area is 128 Å². The maximum atomic E-state index is 12.5. The number of aryl methyl sites for hydroxylation is 1. The molecule has 0 atom stereocenters. The van der Waals surface area contributed by atoms with Crippen molar-refractivity contribution < 1.29 is 8.42 Å². The predicted molar refractivity (Wildman–Crippen MR) is 85.7 cm³/mol. The number of hydrogen-bond acceptors (Lipinski definition) is 3. The topological polar surface area (TPSA) is 58.2 Å². The number of sulfonamides is 1. The molecule has 1 aliphatic carbocycles. The summed E-state index contributed by atoms with van der Waals surface area (Å²) in [5.74, 6) is 0. The fourth-order valence-electron chi connectivity index (χ4n) is 2.62. The van der Waals surface area contributed by atoms with Gasteiger partial charge in [0.05, 0.1) is 4.90 Å². The van der Waals surface area contributed by atoms with Crippen molar-refractivity contribution in [2.24, 2.45) is 5.41 Å². The first-order chi connectivity index (χ1) is 9.86. The highest BCUT2D eigenvalue weighted by Gasteiger charge is 2.33. The minimum atomic E-state index is -3.43. The minimum Gasteiger partial charge on any atom is -0.313 e. The lowest BCUT2D eigenvalue weighted by molar-refractivity contribution is 0.166. The largest absolute Gasteiger partial charge is 0.313 e. The SMILES string of the molecule is CCNCc1ccc(C)c(S(=O)(=O)NCC2(C)CCC2)c1. The normalized spacial score (nSPS) is 17.5. The lowest BCUT2D eigenvalue weighted by Gasteiger charge is -2.38. The summed E-state index contributed by atoms with van der Waals surface area (Å²) in [6.45, 7) is 8.12. The first-order valence-corrected chi connectivity index (χ1v) is 9.14. The molecule has 1 aromatic carbocycles. The molecule has 1 aromatic rings. The van der Waals surface area contributed by atoms with Crippen molar-refractivity contribution in [3.05, 3.63) is 29.3 Å². The van der Waals surface area contributed by atoms with Gasteiger partial charge >= 0.3 is 0 Å². The summed E-state index contributed by atoms with van der Waals surface area (Å²) >= 11 is 0. The molecule has 118 valence electrons. The maximum Gasteiger partial charge on any atom is 0.240 e. The standard InChI is InChI=1S/C16H26N2O2S/c1-4-17-11-14-7-6-13(2)15(10-14)21(19,20)18-12-16(3)8-5-9-16/h6-7,10,17-18H,4-5,8-9,11-12H2,1-3H3. The van der Waals surface area contributed by atoms with E-state index in [1.807, 2.05) is 26.0 Å². The Morgan fingerprint density at radius 2 is 2.00 bits per heavy atom. The Balaban J connectivity index is 2.14. The van der Waals surface area contributed by atoms with Crippen molar-refractivity contribution in [1.29, 1.82) is 0 Å². The van der Waals surface area contributed by atoms with Gasteiger partial charge < -0.3 is 5.32 Å². The Kier molecular flexibility index (Phi) is 5.07. The zero-order valence-electron chi connectivity index (χ0n) is 13.2. The molecule has 2 N–H and O–H groups in total. The monoisotopic (exact) mass is 310 g/mol. The fraction of sp³-hybridized carbons (Fsp3) is 0.625. The van der Waals surface area contributed by atoms with Crippen LogP contribution in [-0.2, 0) is 16.6 Å². The molecule has 4 nitrogen and oxygen atoms in total. The number of rotatable bonds is 7. The summed E-state index contributed by atoms with van der Waals surface area (Å²) in [4.78, 5) is 0.404. The van der Waals surface area contributed by atoms with Gasteiger partial charge in [0, 0.05) is 13.1 Å². The average molecular weight is 310 g/mol. The van der Waals surface area contributed by atoms with E-state index < -0.39 is 10.0 Å². The third-order valence-electron chi connectivity index (χ3n) is 4.37. The lowest BCUT2D eigenvalue weighted by Crippen LogP contribution is -2.40. The van der Waals surface area contributed by atoms with Crippen molar-refractivity contribution in [3.8, 4) is 0 Å². The average Bonchev–Trinajstić information content (AvgIpc) is 2.42. The molecule has 0 saturated heterocycles. The summed E-state index contributed by atoms with van der Waals surface area (Å²) in [7, 11) is -3.43. The molecular weight excluding hydrogens is 284 g/mol. The van der Waals surface area contributed by atoms with Crippen LogP contribution in [0.15, 0.2) is 23.1 Å². The second-order valence-corrected chi connectivity index (χ2v) is 8.10. The number of nitrogens with one attached hydrogen (secondary N) is 2. The molecule has 0 aromatic heterocycles. The molecule has 0 unspecified atom stereocenters. The summed E-state index contributed by atoms with van der Waals surface area (Å²) < 4.78 is 27.9. The van der Waals surface area contributed by atoms with Gasteiger partial charge in [-0.2, -0.15) is 0 Å². The van der Waals surface area contributed by atoms with Crippen LogP contribution in [0.4, 0.5) is 0 Å². The van der Waals surface area contributed by atoms with Crippen molar-refractivity contribution in [3.63, 3.8) is 0 Å². The molecule has 0 heterocycles. The van der Waals surface area contributed by atoms with E-state index in [0.29, 0.717) is 18.0 Å². The Morgan fingerprint density at radius 3 is 2.57 bits per heavy atom. The highest BCUT2D eigenvalue weighted by molar-refractivity contribution is 7.89. The molecule has 1 saturated carbocycles. The van der Waals surface area contributed by atoms with Gasteiger partial charge in [0.1, 0.15) is 0 Å². The summed E-state index contributed by atoms with van der Waals surface area (Å²) in [5.41, 5.74) is 1.93. The minimum absolute atomic E-state index is 0.141. The molecule has 0 aliphatic heterocycles. The van der Waals surface area contributed by atoms with Gasteiger partial charge in [0.15, 0.2) is 0 Å². The first kappa shape index (κ1) is 16.5. The van der Waals surface area contributed by atoms with Gasteiger partial charge in [0.2, 0.25) is 10.0 Å². The molecule has 0 amide bonds. The zero-order valence-corrected chi connectivity index (χ0v) is 14.0. The third kappa shape index (κ3) is 4.05. The quantitative estimate of drug-likeness (QED) is 0.814. The second kappa shape index (κ2) is 6.46. The van der Waals surface area contributed by atoms with Gasteiger partial charge in [-0.3, -0.25) is 0 Å². The molecule has 2 rings (SSSR count). The molecule has 5 heteroatoms. The van der Waals surface area contributed by atoms with Crippen LogP contribution in [-0.4, -0.2) is 21.5 Å². The van der Waals surface area contributed by atoms with Crippen LogP contribution in [0.5, 0.6) is 0 Å². The predicted octanol–water partition coefficient (Wildman–Crippen LogP) is 2.57. The molecule has 1 aliphatic rings. The fourth-order valence-corrected chi connectivity index (χ4v) is 4.11. The number of hydrogen-bond donors (Lipinski definition) is 2. The summed E-state index contributed by atoms with van der Waals surface area (Å²) in [5, 5.41) is 3.22. The van der Waals surface area contributed by atoms with E-state index >= 15 is 0 Å². The molecule has 0 bridgehead atoms. The summed E-state index contributed by atoms with van der Waals surface area (Å²) in [6.07, 6.45) is 3.42. The van der Waals surface area contributed by atoms with Crippen molar-refractivity contribution in [2.45, 2.75) is 51.5 Å². The van der Waals surface area contributed by atoms with Crippen molar-refractivity contribution in [2.75, 3.05) is 13.1 Å². The van der Waals surface area contributed by atoms with Crippen molar-refractivity contribution >= 4 is 10.0 Å². The van der Waals surface area contributed by atoms with Crippen LogP contribution in [0.3, 0.4) is 0 Å². The van der Waals surface area contributed by atoms with E-state index in [1.165, 1.54) is 6.42 Å². The Morgan fingerprint density at radius 1 is 1.29 bits per heavy atom. The van der Waals surface area contributed by atoms with Crippen LogP contribution >= 0.6 is 0 Å². The smallest absolute Gasteiger partial charge is 0.240 e. The van der Waals surface area contributed by atoms with Crippen LogP contribution in [0.1, 0.15) is 44.2 Å². The van der Waals surface area contributed by atoms with Crippen LogP contribution in [0.25, 0.3) is 0 Å². The molecule has 1 fully saturated rings. The summed E-state index contributed by atoms with van der Waals surface area (Å²) in [6, 6.07) is 5.64. The van der Waals surface area contributed by atoms with Crippen LogP contribution in [0, 0.1) is 12.3 Å². The Hall–Kier alpha value is -0.910. The van der Waals surface area contributed by atoms with Crippen LogP contribution in [0.2, 0.25) is 0 Å². The maximum absolute atomic E-state index is 12.5. The second-order valence-electron chi connectivity index (χ2n) is 6.37. The van der Waals surface area contributed by atoms with Crippen LogP contribution < -0.4 is 10.0 Å². The molecule has 21 heavy (non-hydrogen) atoms. The highest BCUT2D eigenvalue weighted by atomic mass is 32.2. The van der Waals surface area contributed by atoms with E-state index in [2.05, 4.69) is 17.0 Å².